The third-order valence-corrected chi connectivity index (χ3v) is 4.55. The Hall–Kier alpha value is -2.31. The molecule has 1 aromatic heterocycles. The van der Waals surface area contributed by atoms with Crippen LogP contribution in [0.15, 0.2) is 24.4 Å². The number of amides is 2. The maximum atomic E-state index is 12.9. The molecule has 3 heterocycles. The van der Waals surface area contributed by atoms with Crippen molar-refractivity contribution in [3.8, 4) is 5.88 Å². The van der Waals surface area contributed by atoms with Gasteiger partial charge >= 0.3 is 6.09 Å². The minimum absolute atomic E-state index is 0.0134. The lowest BCUT2D eigenvalue weighted by Crippen LogP contribution is -2.48. The zero-order valence-corrected chi connectivity index (χ0v) is 15.7. The zero-order chi connectivity index (χ0) is 18.7. The van der Waals surface area contributed by atoms with E-state index in [1.165, 1.54) is 0 Å². The Bertz CT molecular complexity index is 644. The van der Waals surface area contributed by atoms with Gasteiger partial charge in [-0.3, -0.25) is 9.69 Å². The second-order valence-electron chi connectivity index (χ2n) is 7.81. The predicted octanol–water partition coefficient (Wildman–Crippen LogP) is 2.46. The smallest absolute Gasteiger partial charge is 0.410 e. The van der Waals surface area contributed by atoms with E-state index in [0.717, 1.165) is 12.8 Å². The highest BCUT2D eigenvalue weighted by Crippen LogP contribution is 2.25. The Balaban J connectivity index is 1.57. The first-order valence-electron chi connectivity index (χ1n) is 9.19. The summed E-state index contributed by atoms with van der Waals surface area (Å²) in [5.41, 5.74) is -0.567. The van der Waals surface area contributed by atoms with Gasteiger partial charge in [-0.05, 0) is 39.7 Å². The van der Waals surface area contributed by atoms with Crippen LogP contribution in [0.2, 0.25) is 0 Å². The average molecular weight is 361 g/mol. The fraction of sp³-hybridized carbons (Fsp3) is 0.632. The van der Waals surface area contributed by atoms with Gasteiger partial charge in [-0.25, -0.2) is 9.78 Å². The molecule has 0 bridgehead atoms. The minimum atomic E-state index is -0.567. The molecule has 1 aromatic rings. The Morgan fingerprint density at radius 1 is 1.19 bits per heavy atom. The summed E-state index contributed by atoms with van der Waals surface area (Å²) in [5, 5.41) is 0. The van der Waals surface area contributed by atoms with Crippen LogP contribution in [0.1, 0.15) is 40.0 Å². The SMILES string of the molecule is CC(C)(C)OC(=O)N1CCCC1C(=O)N1CCC(Oc2ccccn2)C1. The molecule has 0 N–H and O–H groups in total. The second-order valence-corrected chi connectivity index (χ2v) is 7.81. The molecule has 142 valence electrons. The number of carbonyl (C=O) groups is 2. The summed E-state index contributed by atoms with van der Waals surface area (Å²) in [4.78, 5) is 32.9. The first-order chi connectivity index (χ1) is 12.3. The van der Waals surface area contributed by atoms with Gasteiger partial charge in [-0.2, -0.15) is 0 Å². The van der Waals surface area contributed by atoms with E-state index in [2.05, 4.69) is 4.98 Å². The molecule has 2 amide bonds. The first-order valence-corrected chi connectivity index (χ1v) is 9.19. The molecule has 2 atom stereocenters. The molecular formula is C19H27N3O4. The number of rotatable bonds is 3. The normalized spacial score (nSPS) is 23.2. The van der Waals surface area contributed by atoms with Crippen molar-refractivity contribution in [2.75, 3.05) is 19.6 Å². The molecule has 0 radical (unpaired) electrons. The van der Waals surface area contributed by atoms with Crippen LogP contribution in [-0.2, 0) is 9.53 Å². The zero-order valence-electron chi connectivity index (χ0n) is 15.7. The van der Waals surface area contributed by atoms with Crippen LogP contribution in [0.4, 0.5) is 4.79 Å². The summed E-state index contributed by atoms with van der Waals surface area (Å²) in [7, 11) is 0. The average Bonchev–Trinajstić information content (AvgIpc) is 3.23. The van der Waals surface area contributed by atoms with Crippen LogP contribution in [0.5, 0.6) is 5.88 Å². The highest BCUT2D eigenvalue weighted by Gasteiger charge is 2.40. The molecule has 2 saturated heterocycles. The Labute approximate surface area is 154 Å². The molecule has 0 aliphatic carbocycles. The van der Waals surface area contributed by atoms with Crippen molar-refractivity contribution in [1.29, 1.82) is 0 Å². The lowest BCUT2D eigenvalue weighted by molar-refractivity contribution is -0.135. The number of ether oxygens (including phenoxy) is 2. The van der Waals surface area contributed by atoms with Gasteiger partial charge in [-0.1, -0.05) is 6.07 Å². The van der Waals surface area contributed by atoms with Gasteiger partial charge in [0.2, 0.25) is 11.8 Å². The maximum absolute atomic E-state index is 12.9. The first kappa shape index (κ1) is 18.5. The van der Waals surface area contributed by atoms with Gasteiger partial charge in [0, 0.05) is 31.8 Å². The number of hydrogen-bond donors (Lipinski definition) is 0. The Morgan fingerprint density at radius 3 is 2.69 bits per heavy atom. The second kappa shape index (κ2) is 7.51. The van der Waals surface area contributed by atoms with Crippen molar-refractivity contribution in [2.24, 2.45) is 0 Å². The topological polar surface area (TPSA) is 72.0 Å². The number of pyridine rings is 1. The Morgan fingerprint density at radius 2 is 2.00 bits per heavy atom. The van der Waals surface area contributed by atoms with Crippen molar-refractivity contribution >= 4 is 12.0 Å². The molecule has 3 rings (SSSR count). The lowest BCUT2D eigenvalue weighted by atomic mass is 10.2. The number of nitrogens with zero attached hydrogens (tertiary/aromatic N) is 3. The van der Waals surface area contributed by atoms with Crippen molar-refractivity contribution in [3.63, 3.8) is 0 Å². The summed E-state index contributed by atoms with van der Waals surface area (Å²) in [6.07, 6.45) is 3.47. The number of hydrogen-bond acceptors (Lipinski definition) is 5. The molecular weight excluding hydrogens is 334 g/mol. The third-order valence-electron chi connectivity index (χ3n) is 4.55. The molecule has 2 unspecified atom stereocenters. The van der Waals surface area contributed by atoms with E-state index in [-0.39, 0.29) is 12.0 Å². The fourth-order valence-corrected chi connectivity index (χ4v) is 3.39. The molecule has 0 saturated carbocycles. The molecule has 2 fully saturated rings. The molecule has 2 aliphatic rings. The van der Waals surface area contributed by atoms with Gasteiger partial charge in [0.15, 0.2) is 0 Å². The van der Waals surface area contributed by atoms with Crippen LogP contribution in [0.25, 0.3) is 0 Å². The summed E-state index contributed by atoms with van der Waals surface area (Å²) in [6.45, 7) is 7.21. The number of likely N-dealkylation sites (tertiary alicyclic amines) is 2. The van der Waals surface area contributed by atoms with E-state index in [9.17, 15) is 9.59 Å². The van der Waals surface area contributed by atoms with Crippen molar-refractivity contribution in [3.05, 3.63) is 24.4 Å². The quantitative estimate of drug-likeness (QED) is 0.827. The lowest BCUT2D eigenvalue weighted by Gasteiger charge is -2.30. The van der Waals surface area contributed by atoms with Crippen LogP contribution >= 0.6 is 0 Å². The molecule has 7 nitrogen and oxygen atoms in total. The number of aromatic nitrogens is 1. The van der Waals surface area contributed by atoms with Gasteiger partial charge in [0.25, 0.3) is 0 Å². The van der Waals surface area contributed by atoms with Gasteiger partial charge in [0.05, 0.1) is 6.54 Å². The van der Waals surface area contributed by atoms with Crippen LogP contribution in [-0.4, -0.2) is 64.2 Å². The molecule has 2 aliphatic heterocycles. The fourth-order valence-electron chi connectivity index (χ4n) is 3.39. The standard InChI is InChI=1S/C19H27N3O4/c1-19(2,3)26-18(24)22-11-6-7-15(22)17(23)21-12-9-14(13-21)25-16-8-4-5-10-20-16/h4-5,8,10,14-15H,6-7,9,11-13H2,1-3H3. The van der Waals surface area contributed by atoms with Crippen LogP contribution < -0.4 is 4.74 Å². The highest BCUT2D eigenvalue weighted by atomic mass is 16.6. The van der Waals surface area contributed by atoms with Gasteiger partial charge in [0.1, 0.15) is 17.7 Å². The van der Waals surface area contributed by atoms with Crippen molar-refractivity contribution < 1.29 is 19.1 Å². The maximum Gasteiger partial charge on any atom is 0.410 e. The van der Waals surface area contributed by atoms with E-state index < -0.39 is 17.7 Å². The van der Waals surface area contributed by atoms with E-state index in [1.807, 2.05) is 39.0 Å². The summed E-state index contributed by atoms with van der Waals surface area (Å²) in [6, 6.07) is 5.09. The highest BCUT2D eigenvalue weighted by molar-refractivity contribution is 5.86. The van der Waals surface area contributed by atoms with E-state index in [1.54, 1.807) is 16.0 Å². The van der Waals surface area contributed by atoms with E-state index in [4.69, 9.17) is 9.47 Å². The molecule has 26 heavy (non-hydrogen) atoms. The summed E-state index contributed by atoms with van der Waals surface area (Å²) >= 11 is 0. The van der Waals surface area contributed by atoms with Crippen molar-refractivity contribution in [2.45, 2.75) is 57.8 Å². The molecule has 0 aromatic carbocycles. The molecule has 7 heteroatoms. The monoisotopic (exact) mass is 361 g/mol. The van der Waals surface area contributed by atoms with Crippen LogP contribution in [0.3, 0.4) is 0 Å². The van der Waals surface area contributed by atoms with Gasteiger partial charge in [-0.15, -0.1) is 0 Å². The van der Waals surface area contributed by atoms with Crippen molar-refractivity contribution in [1.82, 2.24) is 14.8 Å². The van der Waals surface area contributed by atoms with E-state index in [0.29, 0.717) is 31.9 Å². The minimum Gasteiger partial charge on any atom is -0.472 e. The number of carbonyl (C=O) groups excluding carboxylic acids is 2. The van der Waals surface area contributed by atoms with Crippen LogP contribution in [0, 0.1) is 0 Å². The third kappa shape index (κ3) is 4.45. The summed E-state index contributed by atoms with van der Waals surface area (Å²) in [5.74, 6) is 0.559. The van der Waals surface area contributed by atoms with Gasteiger partial charge < -0.3 is 14.4 Å². The largest absolute Gasteiger partial charge is 0.472 e. The summed E-state index contributed by atoms with van der Waals surface area (Å²) < 4.78 is 11.3. The predicted molar refractivity (Wildman–Crippen MR) is 95.8 cm³/mol. The Kier molecular flexibility index (Phi) is 5.34. The molecule has 0 spiro atoms. The van der Waals surface area contributed by atoms with E-state index >= 15 is 0 Å².